The van der Waals surface area contributed by atoms with Gasteiger partial charge in [0.2, 0.25) is 0 Å². The highest BCUT2D eigenvalue weighted by molar-refractivity contribution is 9.10. The van der Waals surface area contributed by atoms with E-state index in [0.29, 0.717) is 26.0 Å². The van der Waals surface area contributed by atoms with E-state index in [9.17, 15) is 4.79 Å². The van der Waals surface area contributed by atoms with E-state index < -0.39 is 5.97 Å². The zero-order valence-corrected chi connectivity index (χ0v) is 13.3. The van der Waals surface area contributed by atoms with Gasteiger partial charge < -0.3 is 10.1 Å². The largest absolute Gasteiger partial charge is 0.464 e. The second-order valence-corrected chi connectivity index (χ2v) is 5.24. The van der Waals surface area contributed by atoms with Crippen LogP contribution in [-0.2, 0) is 4.74 Å². The molecule has 0 fully saturated rings. The van der Waals surface area contributed by atoms with Crippen LogP contribution in [0.2, 0.25) is 10.0 Å². The summed E-state index contributed by atoms with van der Waals surface area (Å²) in [5.74, 6) is -0.214. The van der Waals surface area contributed by atoms with Crippen molar-refractivity contribution in [2.75, 3.05) is 12.4 Å². The summed E-state index contributed by atoms with van der Waals surface area (Å²) in [5, 5.41) is 3.66. The number of nitrogens with zero attached hydrogens (tertiary/aromatic N) is 2. The first kappa shape index (κ1) is 15.0. The van der Waals surface area contributed by atoms with Crippen molar-refractivity contribution in [1.29, 1.82) is 0 Å². The Morgan fingerprint density at radius 2 is 2.05 bits per heavy atom. The van der Waals surface area contributed by atoms with Gasteiger partial charge in [-0.15, -0.1) is 0 Å². The van der Waals surface area contributed by atoms with Crippen molar-refractivity contribution in [3.63, 3.8) is 0 Å². The lowest BCUT2D eigenvalue weighted by atomic mass is 10.3. The van der Waals surface area contributed by atoms with E-state index in [4.69, 9.17) is 23.2 Å². The minimum atomic E-state index is -0.568. The molecule has 0 bridgehead atoms. The molecule has 1 N–H and O–H groups in total. The number of rotatable bonds is 3. The molecule has 1 aromatic carbocycles. The van der Waals surface area contributed by atoms with Gasteiger partial charge in [-0.2, -0.15) is 0 Å². The third-order valence-electron chi connectivity index (χ3n) is 2.33. The van der Waals surface area contributed by atoms with Crippen molar-refractivity contribution in [2.45, 2.75) is 0 Å². The van der Waals surface area contributed by atoms with Crippen LogP contribution in [-0.4, -0.2) is 23.0 Å². The maximum atomic E-state index is 11.4. The summed E-state index contributed by atoms with van der Waals surface area (Å²) in [6, 6.07) is 3.47. The first-order chi connectivity index (χ1) is 9.52. The molecule has 104 valence electrons. The lowest BCUT2D eigenvalue weighted by Crippen LogP contribution is -2.06. The van der Waals surface area contributed by atoms with Crippen molar-refractivity contribution < 1.29 is 9.53 Å². The summed E-state index contributed by atoms with van der Waals surface area (Å²) in [6.07, 6.45) is 2.77. The maximum absolute atomic E-state index is 11.4. The Hall–Kier alpha value is -1.37. The van der Waals surface area contributed by atoms with Gasteiger partial charge in [0.25, 0.3) is 0 Å². The number of halogens is 3. The van der Waals surface area contributed by atoms with Gasteiger partial charge in [-0.25, -0.2) is 9.78 Å². The van der Waals surface area contributed by atoms with Gasteiger partial charge in [-0.3, -0.25) is 4.98 Å². The highest BCUT2D eigenvalue weighted by atomic mass is 79.9. The summed E-state index contributed by atoms with van der Waals surface area (Å²) in [7, 11) is 1.27. The summed E-state index contributed by atoms with van der Waals surface area (Å²) < 4.78 is 5.26. The Kier molecular flexibility index (Phi) is 4.80. The quantitative estimate of drug-likeness (QED) is 0.645. The van der Waals surface area contributed by atoms with Crippen LogP contribution in [0.5, 0.6) is 0 Å². The summed E-state index contributed by atoms with van der Waals surface area (Å²) in [6.45, 7) is 0. The SMILES string of the molecule is COC(=O)c1cncc(Nc2ccc(Br)c(Cl)c2Cl)n1. The molecule has 0 aliphatic carbocycles. The van der Waals surface area contributed by atoms with Crippen LogP contribution >= 0.6 is 39.1 Å². The fourth-order valence-corrected chi connectivity index (χ4v) is 2.21. The summed E-state index contributed by atoms with van der Waals surface area (Å²) in [4.78, 5) is 19.4. The van der Waals surface area contributed by atoms with Gasteiger partial charge in [0.15, 0.2) is 5.69 Å². The average Bonchev–Trinajstić information content (AvgIpc) is 2.47. The summed E-state index contributed by atoms with van der Waals surface area (Å²) >= 11 is 15.4. The molecule has 0 spiro atoms. The standard InChI is InChI=1S/C12H8BrCl2N3O2/c1-20-12(19)8-4-16-5-9(18-8)17-7-3-2-6(13)10(14)11(7)15/h2-5H,1H3,(H,17,18). The maximum Gasteiger partial charge on any atom is 0.358 e. The average molecular weight is 377 g/mol. The van der Waals surface area contributed by atoms with E-state index in [2.05, 4.69) is 36.0 Å². The molecule has 2 rings (SSSR count). The number of nitrogens with one attached hydrogen (secondary N) is 1. The van der Waals surface area contributed by atoms with Crippen LogP contribution in [0, 0.1) is 0 Å². The van der Waals surface area contributed by atoms with Gasteiger partial charge in [-0.05, 0) is 28.1 Å². The van der Waals surface area contributed by atoms with Crippen molar-refractivity contribution in [3.05, 3.63) is 44.7 Å². The first-order valence-electron chi connectivity index (χ1n) is 5.34. The van der Waals surface area contributed by atoms with Gasteiger partial charge in [0.05, 0.1) is 35.2 Å². The Bertz CT molecular complexity index is 667. The Morgan fingerprint density at radius 3 is 2.75 bits per heavy atom. The fraction of sp³-hybridized carbons (Fsp3) is 0.0833. The van der Waals surface area contributed by atoms with Crippen LogP contribution in [0.1, 0.15) is 10.5 Å². The predicted octanol–water partition coefficient (Wildman–Crippen LogP) is 4.08. The molecule has 0 aliphatic rings. The zero-order chi connectivity index (χ0) is 14.7. The molecule has 2 aromatic rings. The van der Waals surface area contributed by atoms with E-state index in [1.165, 1.54) is 19.5 Å². The van der Waals surface area contributed by atoms with Gasteiger partial charge in [0, 0.05) is 4.47 Å². The molecule has 5 nitrogen and oxygen atoms in total. The zero-order valence-electron chi connectivity index (χ0n) is 10.2. The highest BCUT2D eigenvalue weighted by Gasteiger charge is 2.11. The lowest BCUT2D eigenvalue weighted by Gasteiger charge is -2.10. The van der Waals surface area contributed by atoms with E-state index in [-0.39, 0.29) is 5.69 Å². The van der Waals surface area contributed by atoms with Crippen LogP contribution < -0.4 is 5.32 Å². The third-order valence-corrected chi connectivity index (χ3v) is 4.10. The Balaban J connectivity index is 2.31. The monoisotopic (exact) mass is 375 g/mol. The van der Waals surface area contributed by atoms with Crippen molar-refractivity contribution in [3.8, 4) is 0 Å². The fourth-order valence-electron chi connectivity index (χ4n) is 1.39. The Morgan fingerprint density at radius 1 is 1.30 bits per heavy atom. The van der Waals surface area contributed by atoms with E-state index in [0.717, 1.165) is 0 Å². The molecule has 1 aromatic heterocycles. The molecular formula is C12H8BrCl2N3O2. The number of aromatic nitrogens is 2. The molecular weight excluding hydrogens is 369 g/mol. The van der Waals surface area contributed by atoms with E-state index >= 15 is 0 Å². The van der Waals surface area contributed by atoms with Crippen LogP contribution in [0.25, 0.3) is 0 Å². The molecule has 1 heterocycles. The Labute approximate surface area is 133 Å². The smallest absolute Gasteiger partial charge is 0.358 e. The highest BCUT2D eigenvalue weighted by Crippen LogP contribution is 2.36. The number of hydrogen-bond donors (Lipinski definition) is 1. The van der Waals surface area contributed by atoms with Crippen molar-refractivity contribution in [1.82, 2.24) is 9.97 Å². The number of ether oxygens (including phenoxy) is 1. The lowest BCUT2D eigenvalue weighted by molar-refractivity contribution is 0.0593. The number of anilines is 2. The normalized spacial score (nSPS) is 10.2. The van der Waals surface area contributed by atoms with Crippen molar-refractivity contribution >= 4 is 56.6 Å². The molecule has 0 atom stereocenters. The second kappa shape index (κ2) is 6.39. The molecule has 8 heteroatoms. The van der Waals surface area contributed by atoms with Crippen LogP contribution in [0.4, 0.5) is 11.5 Å². The van der Waals surface area contributed by atoms with E-state index in [1.807, 2.05) is 0 Å². The predicted molar refractivity (Wildman–Crippen MR) is 80.8 cm³/mol. The van der Waals surface area contributed by atoms with E-state index in [1.54, 1.807) is 12.1 Å². The number of esters is 1. The van der Waals surface area contributed by atoms with Gasteiger partial charge >= 0.3 is 5.97 Å². The molecule has 0 radical (unpaired) electrons. The van der Waals surface area contributed by atoms with Gasteiger partial charge in [-0.1, -0.05) is 23.2 Å². The number of benzene rings is 1. The molecule has 0 saturated heterocycles. The number of methoxy groups -OCH3 is 1. The molecule has 20 heavy (non-hydrogen) atoms. The van der Waals surface area contributed by atoms with Crippen molar-refractivity contribution in [2.24, 2.45) is 0 Å². The molecule has 0 amide bonds. The van der Waals surface area contributed by atoms with Crippen LogP contribution in [0.15, 0.2) is 29.0 Å². The second-order valence-electron chi connectivity index (χ2n) is 3.63. The van der Waals surface area contributed by atoms with Gasteiger partial charge in [0.1, 0.15) is 5.82 Å². The topological polar surface area (TPSA) is 64.1 Å². The number of hydrogen-bond acceptors (Lipinski definition) is 5. The number of carbonyl (C=O) groups excluding carboxylic acids is 1. The third kappa shape index (κ3) is 3.20. The van der Waals surface area contributed by atoms with Crippen LogP contribution in [0.3, 0.4) is 0 Å². The molecule has 0 saturated carbocycles. The minimum absolute atomic E-state index is 0.0943. The molecule has 0 unspecified atom stereocenters. The number of carbonyl (C=O) groups is 1. The first-order valence-corrected chi connectivity index (χ1v) is 6.88. The molecule has 0 aliphatic heterocycles. The summed E-state index contributed by atoms with van der Waals surface area (Å²) in [5.41, 5.74) is 0.646. The minimum Gasteiger partial charge on any atom is -0.464 e.